The van der Waals surface area contributed by atoms with E-state index in [1.54, 1.807) is 41.9 Å². The number of benzene rings is 3. The number of amides is 2. The molecule has 0 radical (unpaired) electrons. The second-order valence-electron chi connectivity index (χ2n) is 17.4. The molecule has 0 saturated heterocycles. The van der Waals surface area contributed by atoms with Gasteiger partial charge in [-0.3, -0.25) is 28.3 Å². The van der Waals surface area contributed by atoms with Gasteiger partial charge in [0.1, 0.15) is 24.7 Å². The van der Waals surface area contributed by atoms with Crippen molar-refractivity contribution in [2.45, 2.75) is 58.4 Å². The van der Waals surface area contributed by atoms with Crippen LogP contribution < -0.4 is 49.2 Å². The molecular weight excluding hydrogens is 927 g/mol. The Bertz CT molecular complexity index is 3300. The van der Waals surface area contributed by atoms with Crippen LogP contribution in [0.4, 0.5) is 23.3 Å². The summed E-state index contributed by atoms with van der Waals surface area (Å²) in [6.07, 6.45) is 7.31. The Morgan fingerprint density at radius 2 is 1.26 bits per heavy atom. The van der Waals surface area contributed by atoms with Gasteiger partial charge in [0.05, 0.1) is 36.0 Å². The second kappa shape index (κ2) is 23.0. The average Bonchev–Trinajstić information content (AvgIpc) is 3.82. The highest BCUT2D eigenvalue weighted by atomic mass is 32.1. The number of nitrogen functional groups attached to an aromatic ring is 2. The number of carbonyl (C=O) groups is 2. The lowest BCUT2D eigenvalue weighted by molar-refractivity contribution is -0.122. The summed E-state index contributed by atoms with van der Waals surface area (Å²) in [5.74, 6) is 0.0851. The maximum atomic E-state index is 14.2. The largest absolute Gasteiger partial charge is 0.384 e. The van der Waals surface area contributed by atoms with Gasteiger partial charge in [-0.25, -0.2) is 19.9 Å². The Hall–Kier alpha value is -8.48. The van der Waals surface area contributed by atoms with E-state index < -0.39 is 17.0 Å². The van der Waals surface area contributed by atoms with Crippen molar-refractivity contribution in [2.24, 2.45) is 0 Å². The molecule has 0 atom stereocenters. The zero-order valence-corrected chi connectivity index (χ0v) is 40.4. The van der Waals surface area contributed by atoms with Gasteiger partial charge in [-0.1, -0.05) is 84.9 Å². The molecule has 72 heavy (non-hydrogen) atoms. The first-order chi connectivity index (χ1) is 35.1. The summed E-state index contributed by atoms with van der Waals surface area (Å²) < 4.78 is 2.83. The van der Waals surface area contributed by atoms with E-state index in [4.69, 9.17) is 11.5 Å². The number of nitrogens with two attached hydrogens (primary N) is 2. The quantitative estimate of drug-likeness (QED) is 0.0512. The van der Waals surface area contributed by atoms with Gasteiger partial charge in [0.15, 0.2) is 11.6 Å². The van der Waals surface area contributed by atoms with E-state index in [0.29, 0.717) is 78.5 Å². The van der Waals surface area contributed by atoms with Crippen LogP contribution in [-0.2, 0) is 68.0 Å². The van der Waals surface area contributed by atoms with Crippen LogP contribution in [0.2, 0.25) is 0 Å². The highest BCUT2D eigenvalue weighted by Crippen LogP contribution is 2.26. The molecule has 0 bridgehead atoms. The molecule has 5 aromatic heterocycles. The molecule has 0 fully saturated rings. The lowest BCUT2D eigenvalue weighted by Crippen LogP contribution is -2.34. The van der Waals surface area contributed by atoms with Gasteiger partial charge >= 0.3 is 0 Å². The van der Waals surface area contributed by atoms with E-state index in [9.17, 15) is 19.2 Å². The summed E-state index contributed by atoms with van der Waals surface area (Å²) in [4.78, 5) is 75.8. The molecule has 2 amide bonds. The normalized spacial score (nSPS) is 11.9. The molecule has 1 aliphatic heterocycles. The Morgan fingerprint density at radius 1 is 0.653 bits per heavy atom. The molecular formula is C54H55N13O4S. The van der Waals surface area contributed by atoms with Crippen LogP contribution in [0.25, 0.3) is 22.5 Å². The van der Waals surface area contributed by atoms with Crippen LogP contribution in [0.15, 0.2) is 143 Å². The van der Waals surface area contributed by atoms with E-state index in [-0.39, 0.29) is 43.0 Å². The van der Waals surface area contributed by atoms with Crippen LogP contribution in [0.1, 0.15) is 43.3 Å². The smallest absolute Gasteiger partial charge is 0.294 e. The van der Waals surface area contributed by atoms with Gasteiger partial charge in [-0.2, -0.15) is 0 Å². The minimum absolute atomic E-state index is 0.0863. The van der Waals surface area contributed by atoms with Crippen molar-refractivity contribution in [3.8, 4) is 22.5 Å². The van der Waals surface area contributed by atoms with Gasteiger partial charge < -0.3 is 38.1 Å². The minimum Gasteiger partial charge on any atom is -0.384 e. The Balaban J connectivity index is 0.920. The number of hydrogen-bond donors (Lipinski definition) is 7. The molecule has 18 heteroatoms. The fourth-order valence-electron chi connectivity index (χ4n) is 8.62. The standard InChI is InChI=1S/C54H55N13O4S/c55-47-15-14-41(28-61-49(68)33-67-45(39-19-23-58-48(56)27-39)31-64-52(54(67)71)60-22-17-36-10-5-2-6-11-36)43(65-47)25-37-12-7-13-38(24-37)44-30-63-51(59-21-16-35-8-3-1-4-9-35)53(70)66(44)34-50(69)62-29-42-26-40-18-20-57-32-46(40)72-42/h1-15,19,23-24,26-27,30-31,57H,16-18,20-22,25,28-29,32-34H2,(H2,55,65)(H2,56,58)(H,59,63)(H,60,64)(H,61,68)(H,62,69). The number of anilines is 4. The fourth-order valence-corrected chi connectivity index (χ4v) is 9.74. The third-order valence-electron chi connectivity index (χ3n) is 12.3. The third-order valence-corrected chi connectivity index (χ3v) is 13.5. The number of fused-ring (bicyclic) bond motifs is 1. The predicted octanol–water partition coefficient (Wildman–Crippen LogP) is 5.33. The fraction of sp³-hybridized carbons (Fsp3) is 0.222. The van der Waals surface area contributed by atoms with Crippen molar-refractivity contribution in [2.75, 3.05) is 41.7 Å². The average molecular weight is 982 g/mol. The maximum absolute atomic E-state index is 14.2. The van der Waals surface area contributed by atoms with E-state index in [2.05, 4.69) is 52.6 Å². The number of thiophene rings is 1. The van der Waals surface area contributed by atoms with Crippen molar-refractivity contribution in [3.63, 3.8) is 0 Å². The van der Waals surface area contributed by atoms with Crippen LogP contribution in [0.3, 0.4) is 0 Å². The molecule has 0 saturated carbocycles. The molecule has 6 heterocycles. The first-order valence-electron chi connectivity index (χ1n) is 23.8. The number of nitrogens with zero attached hydrogens (tertiary/aromatic N) is 6. The predicted molar refractivity (Wildman–Crippen MR) is 282 cm³/mol. The Kier molecular flexibility index (Phi) is 15.5. The Labute approximate surface area is 419 Å². The van der Waals surface area contributed by atoms with Crippen molar-refractivity contribution >= 4 is 46.4 Å². The number of pyridine rings is 2. The molecule has 17 nitrogen and oxygen atoms in total. The van der Waals surface area contributed by atoms with Crippen molar-refractivity contribution in [1.29, 1.82) is 0 Å². The third kappa shape index (κ3) is 12.3. The molecule has 0 unspecified atom stereocenters. The van der Waals surface area contributed by atoms with Crippen molar-refractivity contribution in [1.82, 2.24) is 45.0 Å². The van der Waals surface area contributed by atoms with E-state index in [1.165, 1.54) is 25.8 Å². The maximum Gasteiger partial charge on any atom is 0.294 e. The van der Waals surface area contributed by atoms with Crippen molar-refractivity contribution < 1.29 is 9.59 Å². The molecule has 0 spiro atoms. The van der Waals surface area contributed by atoms with Crippen molar-refractivity contribution in [3.05, 3.63) is 198 Å². The second-order valence-corrected chi connectivity index (χ2v) is 18.6. The number of hydrogen-bond acceptors (Lipinski definition) is 14. The molecule has 9 N–H and O–H groups in total. The molecule has 0 aliphatic carbocycles. The van der Waals surface area contributed by atoms with E-state index in [0.717, 1.165) is 41.1 Å². The lowest BCUT2D eigenvalue weighted by atomic mass is 10.0. The van der Waals surface area contributed by atoms with Crippen LogP contribution in [-0.4, -0.2) is 60.5 Å². The SMILES string of the molecule is Nc1cc(-c2cnc(NCCc3ccccc3)c(=O)n2CC(=O)NCc2ccc(N)nc2Cc2cccc(-c3cnc(NCCc4ccccc4)c(=O)n3CC(=O)NCc3cc4c(s3)CNCC4)c2)ccn1. The summed E-state index contributed by atoms with van der Waals surface area (Å²) >= 11 is 1.69. The number of aromatic nitrogens is 6. The summed E-state index contributed by atoms with van der Waals surface area (Å²) in [6.45, 7) is 2.60. The van der Waals surface area contributed by atoms with Crippen LogP contribution in [0.5, 0.6) is 0 Å². The highest BCUT2D eigenvalue weighted by molar-refractivity contribution is 7.12. The number of rotatable bonds is 20. The zero-order valence-electron chi connectivity index (χ0n) is 39.6. The first-order valence-corrected chi connectivity index (χ1v) is 24.6. The summed E-state index contributed by atoms with van der Waals surface area (Å²) in [7, 11) is 0. The first kappa shape index (κ1) is 48.5. The molecule has 1 aliphatic rings. The van der Waals surface area contributed by atoms with E-state index >= 15 is 0 Å². The zero-order chi connectivity index (χ0) is 49.8. The highest BCUT2D eigenvalue weighted by Gasteiger charge is 2.20. The monoisotopic (exact) mass is 981 g/mol. The van der Waals surface area contributed by atoms with Gasteiger partial charge in [0, 0.05) is 59.7 Å². The summed E-state index contributed by atoms with van der Waals surface area (Å²) in [6, 6.07) is 36.4. The molecule has 8 aromatic rings. The molecule has 366 valence electrons. The van der Waals surface area contributed by atoms with Gasteiger partial charge in [0.2, 0.25) is 11.8 Å². The lowest BCUT2D eigenvalue weighted by Gasteiger charge is -2.17. The van der Waals surface area contributed by atoms with Gasteiger partial charge in [0.25, 0.3) is 11.1 Å². The van der Waals surface area contributed by atoms with E-state index in [1.807, 2.05) is 91.0 Å². The molecule has 3 aromatic carbocycles. The summed E-state index contributed by atoms with van der Waals surface area (Å²) in [5, 5.41) is 15.8. The van der Waals surface area contributed by atoms with Crippen LogP contribution in [0, 0.1) is 0 Å². The van der Waals surface area contributed by atoms with Crippen LogP contribution >= 0.6 is 11.3 Å². The topological polar surface area (TPSA) is 242 Å². The molecule has 9 rings (SSSR count). The number of carbonyl (C=O) groups excluding carboxylic acids is 2. The van der Waals surface area contributed by atoms with Gasteiger partial charge in [-0.05, 0) is 84.0 Å². The number of nitrogens with one attached hydrogen (secondary N) is 5. The minimum atomic E-state index is -0.467. The summed E-state index contributed by atoms with van der Waals surface area (Å²) in [5.41, 5.74) is 19.2. The Morgan fingerprint density at radius 3 is 1.89 bits per heavy atom. The van der Waals surface area contributed by atoms with Gasteiger partial charge in [-0.15, -0.1) is 11.3 Å².